The summed E-state index contributed by atoms with van der Waals surface area (Å²) < 4.78 is 21.2. The molecule has 1 aromatic heterocycles. The zero-order chi connectivity index (χ0) is 23.7. The van der Waals surface area contributed by atoms with Gasteiger partial charge >= 0.3 is 11.9 Å². The van der Waals surface area contributed by atoms with E-state index in [4.69, 9.17) is 47.7 Å². The number of benzene rings is 2. The van der Waals surface area contributed by atoms with Crippen LogP contribution in [0.4, 0.5) is 10.3 Å². The maximum atomic E-state index is 14.0. The van der Waals surface area contributed by atoms with Gasteiger partial charge in [0.1, 0.15) is 5.82 Å². The topological polar surface area (TPSA) is 114 Å². The van der Waals surface area contributed by atoms with Gasteiger partial charge in [-0.2, -0.15) is 0 Å². The molecule has 170 valence electrons. The lowest BCUT2D eigenvalue weighted by Crippen LogP contribution is -2.12. The highest BCUT2D eigenvalue weighted by Gasteiger charge is 2.13. The van der Waals surface area contributed by atoms with Crippen LogP contribution in [0.5, 0.6) is 0 Å². The van der Waals surface area contributed by atoms with Crippen LogP contribution in [0, 0.1) is 5.82 Å². The van der Waals surface area contributed by atoms with Crippen molar-refractivity contribution in [1.82, 2.24) is 9.55 Å². The van der Waals surface area contributed by atoms with Crippen LogP contribution in [0.1, 0.15) is 5.56 Å². The van der Waals surface area contributed by atoms with E-state index in [0.717, 1.165) is 11.3 Å². The number of carbonyl (C=O) groups is 2. The number of rotatable bonds is 7. The molecule has 0 aliphatic heterocycles. The predicted octanol–water partition coefficient (Wildman–Crippen LogP) is 4.41. The average molecular weight is 484 g/mol. The third-order valence-electron chi connectivity index (χ3n) is 4.18. The van der Waals surface area contributed by atoms with Crippen LogP contribution in [0.15, 0.2) is 48.7 Å². The maximum Gasteiger partial charge on any atom is 0.414 e. The summed E-state index contributed by atoms with van der Waals surface area (Å²) >= 11 is 12.1. The number of carboxylic acids is 2. The zero-order valence-electron chi connectivity index (χ0n) is 16.9. The number of carboxylic acid groups (broad SMARTS) is 2. The Morgan fingerprint density at radius 3 is 2.34 bits per heavy atom. The first-order valence-electron chi connectivity index (χ1n) is 9.18. The molecular formula is C21H20Cl2FN3O5. The Morgan fingerprint density at radius 2 is 1.78 bits per heavy atom. The molecule has 0 aliphatic carbocycles. The van der Waals surface area contributed by atoms with Crippen LogP contribution in [0.25, 0.3) is 11.3 Å². The fourth-order valence-corrected chi connectivity index (χ4v) is 3.00. The van der Waals surface area contributed by atoms with E-state index in [2.05, 4.69) is 10.3 Å². The van der Waals surface area contributed by atoms with E-state index in [1.54, 1.807) is 25.4 Å². The largest absolute Gasteiger partial charge is 0.473 e. The highest BCUT2D eigenvalue weighted by atomic mass is 35.5. The molecule has 3 rings (SSSR count). The smallest absolute Gasteiger partial charge is 0.414 e. The first-order valence-corrected chi connectivity index (χ1v) is 9.93. The second kappa shape index (κ2) is 12.0. The Labute approximate surface area is 193 Å². The molecule has 1 heterocycles. The highest BCUT2D eigenvalue weighted by molar-refractivity contribution is 6.31. The van der Waals surface area contributed by atoms with E-state index in [-0.39, 0.29) is 12.4 Å². The van der Waals surface area contributed by atoms with Crippen molar-refractivity contribution in [2.75, 3.05) is 19.0 Å². The maximum absolute atomic E-state index is 14.0. The summed E-state index contributed by atoms with van der Waals surface area (Å²) in [7, 11) is 1.64. The third-order valence-corrected chi connectivity index (χ3v) is 4.79. The summed E-state index contributed by atoms with van der Waals surface area (Å²) in [5.74, 6) is -3.38. The van der Waals surface area contributed by atoms with Crippen molar-refractivity contribution in [1.29, 1.82) is 0 Å². The number of halogens is 3. The fraction of sp³-hybridized carbons (Fsp3) is 0.190. The average Bonchev–Trinajstić information content (AvgIpc) is 3.15. The number of imidazole rings is 1. The van der Waals surface area contributed by atoms with Crippen molar-refractivity contribution in [3.63, 3.8) is 0 Å². The summed E-state index contributed by atoms with van der Waals surface area (Å²) in [5.41, 5.74) is 2.30. The molecule has 0 fully saturated rings. The van der Waals surface area contributed by atoms with Gasteiger partial charge in [-0.1, -0.05) is 41.4 Å². The minimum Gasteiger partial charge on any atom is -0.473 e. The minimum atomic E-state index is -1.82. The van der Waals surface area contributed by atoms with Crippen molar-refractivity contribution < 1.29 is 28.9 Å². The SMILES string of the molecule is COCCn1c(-c2ccc(Cl)cc2)cnc1NCc1c(F)cccc1Cl.O=C(O)C(=O)O. The Morgan fingerprint density at radius 1 is 1.12 bits per heavy atom. The number of ether oxygens (including phenoxy) is 1. The number of aromatic nitrogens is 2. The lowest BCUT2D eigenvalue weighted by Gasteiger charge is -2.14. The van der Waals surface area contributed by atoms with Gasteiger partial charge in [0, 0.05) is 35.8 Å². The number of nitrogens with zero attached hydrogens (tertiary/aromatic N) is 2. The number of anilines is 1. The van der Waals surface area contributed by atoms with Gasteiger partial charge in [0.2, 0.25) is 5.95 Å². The minimum absolute atomic E-state index is 0.232. The summed E-state index contributed by atoms with van der Waals surface area (Å²) in [6, 6.07) is 12.2. The summed E-state index contributed by atoms with van der Waals surface area (Å²) in [4.78, 5) is 22.6. The van der Waals surface area contributed by atoms with E-state index in [1.807, 2.05) is 28.8 Å². The van der Waals surface area contributed by atoms with Gasteiger partial charge in [0.25, 0.3) is 0 Å². The van der Waals surface area contributed by atoms with E-state index < -0.39 is 11.9 Å². The number of nitrogens with one attached hydrogen (secondary N) is 1. The Hall–Kier alpha value is -3.14. The van der Waals surface area contributed by atoms with Crippen molar-refractivity contribution in [2.45, 2.75) is 13.1 Å². The lowest BCUT2D eigenvalue weighted by atomic mass is 10.2. The number of aliphatic carboxylic acids is 2. The molecule has 0 spiro atoms. The van der Waals surface area contributed by atoms with Crippen LogP contribution < -0.4 is 5.32 Å². The quantitative estimate of drug-likeness (QED) is 0.426. The van der Waals surface area contributed by atoms with Crippen LogP contribution in [0.3, 0.4) is 0 Å². The Bertz CT molecular complexity index is 1040. The second-order valence-electron chi connectivity index (χ2n) is 6.28. The molecule has 0 amide bonds. The van der Waals surface area contributed by atoms with E-state index in [0.29, 0.717) is 34.7 Å². The molecule has 0 atom stereocenters. The summed E-state index contributed by atoms with van der Waals surface area (Å²) in [6.07, 6.45) is 1.77. The fourth-order valence-electron chi connectivity index (χ4n) is 2.65. The first kappa shape index (κ1) is 25.1. The van der Waals surface area contributed by atoms with Gasteiger partial charge < -0.3 is 24.8 Å². The van der Waals surface area contributed by atoms with E-state index >= 15 is 0 Å². The standard InChI is InChI=1S/C19H18Cl2FN3O.C2H2O4/c1-26-10-9-25-18(13-5-7-14(20)8-6-13)12-24-19(25)23-11-15-16(21)3-2-4-17(15)22;3-1(4)2(5)6/h2-8,12H,9-11H2,1H3,(H,23,24);(H,3,4)(H,5,6). The van der Waals surface area contributed by atoms with Gasteiger partial charge in [-0.15, -0.1) is 0 Å². The number of hydrogen-bond acceptors (Lipinski definition) is 5. The zero-order valence-corrected chi connectivity index (χ0v) is 18.4. The Kier molecular flexibility index (Phi) is 9.45. The molecule has 8 nitrogen and oxygen atoms in total. The number of hydrogen-bond donors (Lipinski definition) is 3. The van der Waals surface area contributed by atoms with Crippen molar-refractivity contribution in [2.24, 2.45) is 0 Å². The van der Waals surface area contributed by atoms with E-state index in [9.17, 15) is 4.39 Å². The molecule has 3 N–H and O–H groups in total. The molecule has 0 unspecified atom stereocenters. The van der Waals surface area contributed by atoms with Crippen LogP contribution >= 0.6 is 23.2 Å². The van der Waals surface area contributed by atoms with Crippen molar-refractivity contribution >= 4 is 41.1 Å². The summed E-state index contributed by atoms with van der Waals surface area (Å²) in [6.45, 7) is 1.35. The van der Waals surface area contributed by atoms with Gasteiger partial charge in [0.05, 0.1) is 18.5 Å². The van der Waals surface area contributed by atoms with Crippen LogP contribution in [-0.2, 0) is 27.4 Å². The molecule has 0 radical (unpaired) electrons. The molecule has 11 heteroatoms. The molecule has 0 saturated carbocycles. The van der Waals surface area contributed by atoms with E-state index in [1.165, 1.54) is 6.07 Å². The molecule has 32 heavy (non-hydrogen) atoms. The van der Waals surface area contributed by atoms with Gasteiger partial charge in [-0.25, -0.2) is 19.0 Å². The molecular weight excluding hydrogens is 464 g/mol. The van der Waals surface area contributed by atoms with Crippen LogP contribution in [0.2, 0.25) is 10.0 Å². The predicted molar refractivity (Wildman–Crippen MR) is 119 cm³/mol. The van der Waals surface area contributed by atoms with Crippen LogP contribution in [-0.4, -0.2) is 45.4 Å². The third kappa shape index (κ3) is 6.94. The summed E-state index contributed by atoms with van der Waals surface area (Å²) in [5, 5.41) is 19.0. The monoisotopic (exact) mass is 483 g/mol. The molecule has 0 saturated heterocycles. The molecule has 3 aromatic rings. The lowest BCUT2D eigenvalue weighted by molar-refractivity contribution is -0.159. The highest BCUT2D eigenvalue weighted by Crippen LogP contribution is 2.26. The molecule has 2 aromatic carbocycles. The van der Waals surface area contributed by atoms with Gasteiger partial charge in [-0.05, 0) is 29.8 Å². The number of methoxy groups -OCH3 is 1. The van der Waals surface area contributed by atoms with Crippen molar-refractivity contribution in [3.8, 4) is 11.3 Å². The van der Waals surface area contributed by atoms with Gasteiger partial charge in [0.15, 0.2) is 0 Å². The van der Waals surface area contributed by atoms with Gasteiger partial charge in [-0.3, -0.25) is 0 Å². The normalized spacial score (nSPS) is 10.2. The Balaban J connectivity index is 0.000000534. The second-order valence-corrected chi connectivity index (χ2v) is 7.13. The molecule has 0 bridgehead atoms. The first-order chi connectivity index (χ1) is 15.2. The van der Waals surface area contributed by atoms with Crippen molar-refractivity contribution in [3.05, 3.63) is 70.1 Å². The molecule has 0 aliphatic rings.